The minimum atomic E-state index is -3.24. The Hall–Kier alpha value is -3.56. The Morgan fingerprint density at radius 3 is 2.50 bits per heavy atom. The van der Waals surface area contributed by atoms with Crippen molar-refractivity contribution in [2.75, 3.05) is 33.1 Å². The van der Waals surface area contributed by atoms with E-state index in [1.165, 1.54) is 7.11 Å². The van der Waals surface area contributed by atoms with E-state index in [-0.39, 0.29) is 25.0 Å². The molecule has 9 heteroatoms. The van der Waals surface area contributed by atoms with Crippen LogP contribution in [0.3, 0.4) is 0 Å². The summed E-state index contributed by atoms with van der Waals surface area (Å²) in [5.41, 5.74) is 6.34. The molecule has 202 valence electrons. The second kappa shape index (κ2) is 11.9. The maximum atomic E-state index is 11.6. The number of benzene rings is 3. The van der Waals surface area contributed by atoms with E-state index < -0.39 is 10.0 Å². The number of carbonyl (C=O) groups excluding carboxylic acids is 1. The zero-order valence-corrected chi connectivity index (χ0v) is 22.9. The normalized spacial score (nSPS) is 14.5. The molecule has 3 aromatic rings. The molecule has 1 aliphatic heterocycles. The number of methoxy groups -OCH3 is 1. The maximum absolute atomic E-state index is 11.6. The van der Waals surface area contributed by atoms with Gasteiger partial charge in [0, 0.05) is 24.1 Å². The number of fused-ring (bicyclic) bond motifs is 1. The van der Waals surface area contributed by atoms with Gasteiger partial charge in [0.2, 0.25) is 10.0 Å². The lowest BCUT2D eigenvalue weighted by atomic mass is 9.94. The van der Waals surface area contributed by atoms with Crippen molar-refractivity contribution < 1.29 is 32.2 Å². The van der Waals surface area contributed by atoms with Gasteiger partial charge < -0.3 is 18.9 Å². The number of carbonyl (C=O) groups is 1. The highest BCUT2D eigenvalue weighted by Gasteiger charge is 2.27. The van der Waals surface area contributed by atoms with Crippen LogP contribution in [0, 0.1) is 13.8 Å². The molecule has 38 heavy (non-hydrogen) atoms. The lowest BCUT2D eigenvalue weighted by Crippen LogP contribution is -2.26. The third kappa shape index (κ3) is 7.05. The van der Waals surface area contributed by atoms with Gasteiger partial charge in [0.05, 0.1) is 26.4 Å². The van der Waals surface area contributed by atoms with Gasteiger partial charge in [-0.25, -0.2) is 13.1 Å². The van der Waals surface area contributed by atoms with Crippen LogP contribution in [0.4, 0.5) is 0 Å². The van der Waals surface area contributed by atoms with Gasteiger partial charge in [-0.1, -0.05) is 24.3 Å². The van der Waals surface area contributed by atoms with Crippen LogP contribution in [-0.2, 0) is 26.2 Å². The highest BCUT2D eigenvalue weighted by molar-refractivity contribution is 7.88. The molecule has 3 aromatic carbocycles. The first-order valence-corrected chi connectivity index (χ1v) is 14.3. The minimum Gasteiger partial charge on any atom is -0.492 e. The van der Waals surface area contributed by atoms with Gasteiger partial charge in [0.1, 0.15) is 30.5 Å². The number of sulfonamides is 1. The number of hydrogen-bond acceptors (Lipinski definition) is 7. The van der Waals surface area contributed by atoms with Crippen LogP contribution in [0.25, 0.3) is 11.1 Å². The summed E-state index contributed by atoms with van der Waals surface area (Å²) < 4.78 is 47.2. The van der Waals surface area contributed by atoms with Crippen LogP contribution >= 0.6 is 0 Å². The first kappa shape index (κ1) is 27.5. The smallest absolute Gasteiger partial charge is 0.306 e. The number of nitrogens with one attached hydrogen (secondary N) is 1. The van der Waals surface area contributed by atoms with Crippen molar-refractivity contribution in [1.29, 1.82) is 0 Å². The maximum Gasteiger partial charge on any atom is 0.306 e. The Bertz CT molecular complexity index is 1400. The van der Waals surface area contributed by atoms with Crippen molar-refractivity contribution in [2.45, 2.75) is 32.8 Å². The molecule has 0 spiro atoms. The lowest BCUT2D eigenvalue weighted by molar-refractivity contribution is -0.141. The fraction of sp³-hybridized carbons (Fsp3) is 0.345. The Kier molecular flexibility index (Phi) is 8.58. The first-order chi connectivity index (χ1) is 18.1. The Morgan fingerprint density at radius 2 is 1.79 bits per heavy atom. The number of aryl methyl sites for hydroxylation is 2. The van der Waals surface area contributed by atoms with Crippen molar-refractivity contribution in [2.24, 2.45) is 0 Å². The zero-order chi connectivity index (χ0) is 27.3. The van der Waals surface area contributed by atoms with Gasteiger partial charge in [-0.2, -0.15) is 0 Å². The predicted molar refractivity (Wildman–Crippen MR) is 145 cm³/mol. The number of hydrogen-bond donors (Lipinski definition) is 1. The fourth-order valence-corrected chi connectivity index (χ4v) is 5.10. The molecule has 0 saturated heterocycles. The van der Waals surface area contributed by atoms with Gasteiger partial charge in [0.15, 0.2) is 0 Å². The summed E-state index contributed by atoms with van der Waals surface area (Å²) in [7, 11) is -1.85. The van der Waals surface area contributed by atoms with E-state index in [1.54, 1.807) is 0 Å². The third-order valence-corrected chi connectivity index (χ3v) is 7.10. The van der Waals surface area contributed by atoms with Crippen LogP contribution in [0.5, 0.6) is 17.2 Å². The molecule has 0 aromatic heterocycles. The van der Waals surface area contributed by atoms with Gasteiger partial charge in [-0.05, 0) is 65.9 Å². The fourth-order valence-electron chi connectivity index (χ4n) is 4.64. The molecule has 0 radical (unpaired) electrons. The molecule has 0 aliphatic carbocycles. The van der Waals surface area contributed by atoms with Gasteiger partial charge in [0.25, 0.3) is 0 Å². The molecule has 0 amide bonds. The average Bonchev–Trinajstić information content (AvgIpc) is 3.26. The Morgan fingerprint density at radius 1 is 1.03 bits per heavy atom. The van der Waals surface area contributed by atoms with E-state index in [0.29, 0.717) is 31.1 Å². The molecule has 1 unspecified atom stereocenters. The van der Waals surface area contributed by atoms with Crippen molar-refractivity contribution in [1.82, 2.24) is 4.72 Å². The monoisotopic (exact) mass is 539 g/mol. The summed E-state index contributed by atoms with van der Waals surface area (Å²) in [4.78, 5) is 11.6. The highest BCUT2D eigenvalue weighted by Crippen LogP contribution is 2.38. The van der Waals surface area contributed by atoms with Crippen LogP contribution < -0.4 is 18.9 Å². The summed E-state index contributed by atoms with van der Waals surface area (Å²) in [6.07, 6.45) is 1.42. The molecular weight excluding hydrogens is 506 g/mol. The molecule has 0 fully saturated rings. The standard InChI is InChI=1S/C29H33NO7S/c1-19-12-25(35-11-10-30-38(4,32)33)13-20(2)29(19)22-7-5-6-21(14-22)17-36-24-8-9-26-23(15-28(31)34-3)18-37-27(26)16-24/h5-9,12-14,16,23,30H,10-11,15,17-18H2,1-4H3. The molecule has 1 atom stereocenters. The van der Waals surface area contributed by atoms with Crippen molar-refractivity contribution in [3.63, 3.8) is 0 Å². The summed E-state index contributed by atoms with van der Waals surface area (Å²) in [5.74, 6) is 1.89. The van der Waals surface area contributed by atoms with Gasteiger partial charge >= 0.3 is 5.97 Å². The molecule has 0 saturated carbocycles. The van der Waals surface area contributed by atoms with E-state index in [2.05, 4.69) is 16.9 Å². The van der Waals surface area contributed by atoms with Crippen LogP contribution in [0.1, 0.15) is 34.6 Å². The Balaban J connectivity index is 1.41. The number of esters is 1. The minimum absolute atomic E-state index is 0.00407. The average molecular weight is 540 g/mol. The van der Waals surface area contributed by atoms with E-state index in [1.807, 2.05) is 56.3 Å². The molecule has 8 nitrogen and oxygen atoms in total. The summed E-state index contributed by atoms with van der Waals surface area (Å²) in [6.45, 7) is 5.38. The van der Waals surface area contributed by atoms with E-state index in [4.69, 9.17) is 18.9 Å². The Labute approximate surface area is 223 Å². The lowest BCUT2D eigenvalue weighted by Gasteiger charge is -2.15. The summed E-state index contributed by atoms with van der Waals surface area (Å²) in [5, 5.41) is 0. The first-order valence-electron chi connectivity index (χ1n) is 12.4. The summed E-state index contributed by atoms with van der Waals surface area (Å²) in [6, 6.07) is 17.9. The van der Waals surface area contributed by atoms with E-state index >= 15 is 0 Å². The molecule has 1 aliphatic rings. The summed E-state index contributed by atoms with van der Waals surface area (Å²) >= 11 is 0. The molecule has 0 bridgehead atoms. The van der Waals surface area contributed by atoms with Crippen LogP contribution in [0.15, 0.2) is 54.6 Å². The highest BCUT2D eigenvalue weighted by atomic mass is 32.2. The van der Waals surface area contributed by atoms with Gasteiger partial charge in [-0.3, -0.25) is 4.79 Å². The zero-order valence-electron chi connectivity index (χ0n) is 22.1. The van der Waals surface area contributed by atoms with Crippen molar-refractivity contribution in [3.05, 3.63) is 76.9 Å². The molecule has 1 N–H and O–H groups in total. The number of ether oxygens (including phenoxy) is 4. The second-order valence-corrected chi connectivity index (χ2v) is 11.3. The van der Waals surface area contributed by atoms with Crippen LogP contribution in [0.2, 0.25) is 0 Å². The van der Waals surface area contributed by atoms with Gasteiger partial charge in [-0.15, -0.1) is 0 Å². The SMILES string of the molecule is COC(=O)CC1COc2cc(OCc3cccc(-c4c(C)cc(OCCNS(C)(=O)=O)cc4C)c3)ccc21. The predicted octanol–water partition coefficient (Wildman–Crippen LogP) is 4.52. The molecule has 4 rings (SSSR count). The molecule has 1 heterocycles. The third-order valence-electron chi connectivity index (χ3n) is 6.37. The largest absolute Gasteiger partial charge is 0.492 e. The molecular formula is C29H33NO7S. The number of rotatable bonds is 11. The van der Waals surface area contributed by atoms with Crippen molar-refractivity contribution in [3.8, 4) is 28.4 Å². The topological polar surface area (TPSA) is 100 Å². The van der Waals surface area contributed by atoms with E-state index in [0.717, 1.165) is 45.4 Å². The van der Waals surface area contributed by atoms with E-state index in [9.17, 15) is 13.2 Å². The second-order valence-electron chi connectivity index (χ2n) is 9.42. The quantitative estimate of drug-likeness (QED) is 0.283. The van der Waals surface area contributed by atoms with Crippen molar-refractivity contribution >= 4 is 16.0 Å². The van der Waals surface area contributed by atoms with Crippen LogP contribution in [-0.4, -0.2) is 47.5 Å².